The Morgan fingerprint density at radius 3 is 2.69 bits per heavy atom. The molecule has 29 heavy (non-hydrogen) atoms. The zero-order chi connectivity index (χ0) is 19.6. The molecule has 5 rings (SSSR count). The van der Waals surface area contributed by atoms with Gasteiger partial charge in [-0.25, -0.2) is 15.0 Å². The zero-order valence-electron chi connectivity index (χ0n) is 17.5. The number of rotatable bonds is 6. The first-order valence-corrected chi connectivity index (χ1v) is 11.3. The molecular formula is C21H33N7O. The van der Waals surface area contributed by atoms with Crippen molar-refractivity contribution in [1.29, 1.82) is 0 Å². The maximum absolute atomic E-state index is 6.40. The van der Waals surface area contributed by atoms with E-state index >= 15 is 0 Å². The highest BCUT2D eigenvalue weighted by Crippen LogP contribution is 2.33. The maximum atomic E-state index is 6.40. The Hall–Kier alpha value is -1.77. The number of nitrogens with one attached hydrogen (secondary N) is 1. The quantitative estimate of drug-likeness (QED) is 0.800. The van der Waals surface area contributed by atoms with Crippen molar-refractivity contribution in [3.8, 4) is 0 Å². The fourth-order valence-corrected chi connectivity index (χ4v) is 4.93. The predicted octanol–water partition coefficient (Wildman–Crippen LogP) is 2.50. The van der Waals surface area contributed by atoms with Crippen LogP contribution in [0.5, 0.6) is 0 Å². The maximum Gasteiger partial charge on any atom is 0.167 e. The molecule has 2 aliphatic heterocycles. The van der Waals surface area contributed by atoms with Crippen molar-refractivity contribution in [3.63, 3.8) is 0 Å². The summed E-state index contributed by atoms with van der Waals surface area (Å²) in [6, 6.07) is 0.514. The molecular weight excluding hydrogens is 366 g/mol. The molecule has 8 heteroatoms. The van der Waals surface area contributed by atoms with E-state index in [9.17, 15) is 0 Å². The molecule has 3 fully saturated rings. The van der Waals surface area contributed by atoms with Crippen LogP contribution in [0.25, 0.3) is 11.2 Å². The van der Waals surface area contributed by atoms with E-state index < -0.39 is 0 Å². The largest absolute Gasteiger partial charge is 0.365 e. The summed E-state index contributed by atoms with van der Waals surface area (Å²) in [6.07, 6.45) is 12.2. The number of hydrogen-bond acceptors (Lipinski definition) is 7. The minimum absolute atomic E-state index is 0.0340. The summed E-state index contributed by atoms with van der Waals surface area (Å²) in [7, 11) is 2.20. The first kappa shape index (κ1) is 19.2. The third kappa shape index (κ3) is 4.25. The van der Waals surface area contributed by atoms with E-state index in [0.29, 0.717) is 12.1 Å². The Labute approximate surface area is 172 Å². The second kappa shape index (κ2) is 8.53. The van der Waals surface area contributed by atoms with Gasteiger partial charge in [-0.15, -0.1) is 0 Å². The van der Waals surface area contributed by atoms with Crippen LogP contribution in [0.2, 0.25) is 0 Å². The van der Waals surface area contributed by atoms with Gasteiger partial charge in [-0.1, -0.05) is 12.8 Å². The highest BCUT2D eigenvalue weighted by Gasteiger charge is 2.29. The SMILES string of the molecule is CN1CCN(CC[C@H]2CC[C@H](n3cnc4c(NC5CCCC5)ncnc43)O2)CC1. The number of aromatic nitrogens is 4. The van der Waals surface area contributed by atoms with Crippen molar-refractivity contribution >= 4 is 17.0 Å². The summed E-state index contributed by atoms with van der Waals surface area (Å²) >= 11 is 0. The second-order valence-electron chi connectivity index (χ2n) is 8.90. The van der Waals surface area contributed by atoms with Crippen LogP contribution in [0.4, 0.5) is 5.82 Å². The predicted molar refractivity (Wildman–Crippen MR) is 113 cm³/mol. The van der Waals surface area contributed by atoms with Crippen LogP contribution in [-0.4, -0.2) is 81.2 Å². The van der Waals surface area contributed by atoms with Crippen molar-refractivity contribution in [2.45, 2.75) is 63.3 Å². The van der Waals surface area contributed by atoms with E-state index in [4.69, 9.17) is 4.74 Å². The molecule has 1 aliphatic carbocycles. The number of imidazole rings is 1. The van der Waals surface area contributed by atoms with E-state index in [1.807, 2.05) is 6.33 Å². The van der Waals surface area contributed by atoms with E-state index in [1.54, 1.807) is 6.33 Å². The third-order valence-corrected chi connectivity index (χ3v) is 6.81. The molecule has 1 saturated carbocycles. The summed E-state index contributed by atoms with van der Waals surface area (Å²) < 4.78 is 8.51. The molecule has 2 aromatic heterocycles. The van der Waals surface area contributed by atoms with Crippen LogP contribution in [0, 0.1) is 0 Å². The lowest BCUT2D eigenvalue weighted by Crippen LogP contribution is -2.45. The van der Waals surface area contributed by atoms with Crippen LogP contribution in [0.1, 0.15) is 51.2 Å². The van der Waals surface area contributed by atoms with Crippen LogP contribution in [0.3, 0.4) is 0 Å². The van der Waals surface area contributed by atoms with Gasteiger partial charge >= 0.3 is 0 Å². The van der Waals surface area contributed by atoms with Gasteiger partial charge in [0, 0.05) is 38.8 Å². The Morgan fingerprint density at radius 1 is 1.03 bits per heavy atom. The second-order valence-corrected chi connectivity index (χ2v) is 8.90. The number of hydrogen-bond donors (Lipinski definition) is 1. The van der Waals surface area contributed by atoms with Crippen molar-refractivity contribution < 1.29 is 4.74 Å². The van der Waals surface area contributed by atoms with Gasteiger partial charge in [-0.2, -0.15) is 0 Å². The van der Waals surface area contributed by atoms with E-state index in [1.165, 1.54) is 51.9 Å². The molecule has 2 atom stereocenters. The number of fused-ring (bicyclic) bond motifs is 1. The average molecular weight is 400 g/mol. The van der Waals surface area contributed by atoms with Crippen LogP contribution in [-0.2, 0) is 4.74 Å². The van der Waals surface area contributed by atoms with Crippen molar-refractivity contribution in [3.05, 3.63) is 12.7 Å². The molecule has 2 aromatic rings. The van der Waals surface area contributed by atoms with Crippen LogP contribution >= 0.6 is 0 Å². The lowest BCUT2D eigenvalue weighted by molar-refractivity contribution is -0.00495. The molecule has 158 valence electrons. The lowest BCUT2D eigenvalue weighted by Gasteiger charge is -2.32. The Balaban J connectivity index is 1.21. The van der Waals surface area contributed by atoms with Crippen molar-refractivity contribution in [1.82, 2.24) is 29.3 Å². The highest BCUT2D eigenvalue weighted by atomic mass is 16.5. The van der Waals surface area contributed by atoms with Gasteiger partial charge in [0.15, 0.2) is 17.0 Å². The van der Waals surface area contributed by atoms with Gasteiger partial charge in [0.1, 0.15) is 12.6 Å². The monoisotopic (exact) mass is 399 g/mol. The minimum atomic E-state index is 0.0340. The van der Waals surface area contributed by atoms with Crippen molar-refractivity contribution in [2.24, 2.45) is 0 Å². The Bertz CT molecular complexity index is 810. The Kier molecular flexibility index (Phi) is 5.65. The van der Waals surface area contributed by atoms with Crippen molar-refractivity contribution in [2.75, 3.05) is 45.1 Å². The first-order chi connectivity index (χ1) is 14.3. The van der Waals surface area contributed by atoms with Crippen LogP contribution < -0.4 is 5.32 Å². The zero-order valence-corrected chi connectivity index (χ0v) is 17.5. The molecule has 1 N–H and O–H groups in total. The average Bonchev–Trinajstić information content (AvgIpc) is 3.48. The molecule has 0 unspecified atom stereocenters. The fraction of sp³-hybridized carbons (Fsp3) is 0.762. The molecule has 2 saturated heterocycles. The van der Waals surface area contributed by atoms with Gasteiger partial charge in [-0.3, -0.25) is 4.57 Å². The molecule has 3 aliphatic rings. The third-order valence-electron chi connectivity index (χ3n) is 6.81. The molecule has 0 spiro atoms. The topological polar surface area (TPSA) is 71.3 Å². The molecule has 8 nitrogen and oxygen atoms in total. The highest BCUT2D eigenvalue weighted by molar-refractivity contribution is 5.82. The molecule has 4 heterocycles. The number of ether oxygens (including phenoxy) is 1. The van der Waals surface area contributed by atoms with E-state index in [-0.39, 0.29) is 6.23 Å². The molecule has 0 bridgehead atoms. The van der Waals surface area contributed by atoms with Gasteiger partial charge in [-0.05, 0) is 39.2 Å². The minimum Gasteiger partial charge on any atom is -0.365 e. The van der Waals surface area contributed by atoms with Crippen LogP contribution in [0.15, 0.2) is 12.7 Å². The van der Waals surface area contributed by atoms with Gasteiger partial charge < -0.3 is 19.9 Å². The summed E-state index contributed by atoms with van der Waals surface area (Å²) in [5.74, 6) is 0.866. The Morgan fingerprint density at radius 2 is 1.86 bits per heavy atom. The molecule has 0 radical (unpaired) electrons. The van der Waals surface area contributed by atoms with Gasteiger partial charge in [0.05, 0.1) is 12.4 Å². The standard InChI is InChI=1S/C21H33N7O/c1-26-10-12-27(13-11-26)9-8-17-6-7-18(29-17)28-15-24-19-20(22-14-23-21(19)28)25-16-4-2-3-5-16/h14-18H,2-13H2,1H3,(H,22,23,25)/t17-,18-/m1/s1. The smallest absolute Gasteiger partial charge is 0.167 e. The van der Waals surface area contributed by atoms with Gasteiger partial charge in [0.2, 0.25) is 0 Å². The molecule has 0 aromatic carbocycles. The fourth-order valence-electron chi connectivity index (χ4n) is 4.93. The number of likely N-dealkylation sites (N-methyl/N-ethyl adjacent to an activating group) is 1. The van der Waals surface area contributed by atoms with E-state index in [0.717, 1.165) is 42.8 Å². The number of piperazine rings is 1. The molecule has 0 amide bonds. The first-order valence-electron chi connectivity index (χ1n) is 11.3. The lowest BCUT2D eigenvalue weighted by atomic mass is 10.1. The summed E-state index contributed by atoms with van der Waals surface area (Å²) in [6.45, 7) is 5.82. The number of anilines is 1. The van der Waals surface area contributed by atoms with Gasteiger partial charge in [0.25, 0.3) is 0 Å². The summed E-state index contributed by atoms with van der Waals surface area (Å²) in [4.78, 5) is 18.6. The normalized spacial score (nSPS) is 27.2. The summed E-state index contributed by atoms with van der Waals surface area (Å²) in [5.41, 5.74) is 1.74. The van der Waals surface area contributed by atoms with E-state index in [2.05, 4.69) is 41.7 Å². The summed E-state index contributed by atoms with van der Waals surface area (Å²) in [5, 5.41) is 3.58. The number of nitrogens with zero attached hydrogens (tertiary/aromatic N) is 6.